The van der Waals surface area contributed by atoms with Crippen LogP contribution in [0.4, 0.5) is 0 Å². The lowest BCUT2D eigenvalue weighted by Gasteiger charge is -2.26. The molecule has 0 fully saturated rings. The minimum Gasteiger partial charge on any atom is -0.328 e. The van der Waals surface area contributed by atoms with Gasteiger partial charge in [0.2, 0.25) is 0 Å². The van der Waals surface area contributed by atoms with Crippen LogP contribution in [0.1, 0.15) is 13.8 Å². The van der Waals surface area contributed by atoms with Gasteiger partial charge in [-0.1, -0.05) is 0 Å². The van der Waals surface area contributed by atoms with Crippen LogP contribution in [-0.2, 0) is 5.54 Å². The van der Waals surface area contributed by atoms with E-state index in [0.717, 1.165) is 4.47 Å². The van der Waals surface area contributed by atoms with E-state index in [1.807, 2.05) is 13.8 Å². The van der Waals surface area contributed by atoms with Gasteiger partial charge < -0.3 is 10.3 Å². The van der Waals surface area contributed by atoms with Crippen LogP contribution in [0.5, 0.6) is 0 Å². The van der Waals surface area contributed by atoms with Gasteiger partial charge in [0.15, 0.2) is 0 Å². The second-order valence-electron chi connectivity index (χ2n) is 3.70. The third-order valence-electron chi connectivity index (χ3n) is 2.09. The Bertz CT molecular complexity index is 398. The monoisotopic (exact) mass is 322 g/mol. The van der Waals surface area contributed by atoms with E-state index in [-0.39, 0.29) is 11.1 Å². The van der Waals surface area contributed by atoms with Gasteiger partial charge in [-0.3, -0.25) is 4.79 Å². The molecule has 0 atom stereocenters. The quantitative estimate of drug-likeness (QED) is 0.905. The van der Waals surface area contributed by atoms with Gasteiger partial charge in [0, 0.05) is 17.2 Å². The fourth-order valence-electron chi connectivity index (χ4n) is 1.07. The summed E-state index contributed by atoms with van der Waals surface area (Å²) in [6.07, 6.45) is 1.75. The Morgan fingerprint density at radius 1 is 1.50 bits per heavy atom. The topological polar surface area (TPSA) is 48.0 Å². The molecule has 5 heteroatoms. The van der Waals surface area contributed by atoms with Crippen molar-refractivity contribution in [1.82, 2.24) is 4.57 Å². The Morgan fingerprint density at radius 3 is 2.57 bits per heavy atom. The van der Waals surface area contributed by atoms with E-state index >= 15 is 0 Å². The van der Waals surface area contributed by atoms with E-state index < -0.39 is 0 Å². The predicted octanol–water partition coefficient (Wildman–Crippen LogP) is 2.07. The summed E-state index contributed by atoms with van der Waals surface area (Å²) in [5, 5.41) is 0. The van der Waals surface area contributed by atoms with Crippen molar-refractivity contribution in [2.75, 3.05) is 6.54 Å². The number of aromatic nitrogens is 1. The molecule has 14 heavy (non-hydrogen) atoms. The first-order chi connectivity index (χ1) is 6.38. The molecule has 0 radical (unpaired) electrons. The second-order valence-corrected chi connectivity index (χ2v) is 5.47. The van der Waals surface area contributed by atoms with Gasteiger partial charge in [0.1, 0.15) is 0 Å². The molecule has 3 nitrogen and oxygen atoms in total. The summed E-state index contributed by atoms with van der Waals surface area (Å²) in [5.41, 5.74) is 5.18. The first kappa shape index (κ1) is 11.9. The molecule has 0 aromatic carbocycles. The fourth-order valence-corrected chi connectivity index (χ4v) is 2.24. The van der Waals surface area contributed by atoms with Gasteiger partial charge in [-0.2, -0.15) is 0 Å². The van der Waals surface area contributed by atoms with E-state index in [2.05, 4.69) is 31.9 Å². The largest absolute Gasteiger partial charge is 0.328 e. The number of hydrogen-bond donors (Lipinski definition) is 1. The number of halogens is 2. The van der Waals surface area contributed by atoms with E-state index in [4.69, 9.17) is 5.73 Å². The van der Waals surface area contributed by atoms with Crippen molar-refractivity contribution in [3.05, 3.63) is 31.6 Å². The van der Waals surface area contributed by atoms with Crippen LogP contribution in [0.2, 0.25) is 0 Å². The summed E-state index contributed by atoms with van der Waals surface area (Å²) in [4.78, 5) is 11.8. The summed E-state index contributed by atoms with van der Waals surface area (Å²) in [7, 11) is 0. The zero-order valence-corrected chi connectivity index (χ0v) is 11.2. The first-order valence-electron chi connectivity index (χ1n) is 4.17. The van der Waals surface area contributed by atoms with Crippen molar-refractivity contribution in [3.63, 3.8) is 0 Å². The maximum Gasteiger partial charge on any atom is 0.265 e. The average Bonchev–Trinajstić information content (AvgIpc) is 2.11. The second kappa shape index (κ2) is 4.16. The molecular weight excluding hydrogens is 312 g/mol. The van der Waals surface area contributed by atoms with E-state index in [1.165, 1.54) is 0 Å². The molecule has 0 aliphatic rings. The molecule has 0 aliphatic carbocycles. The average molecular weight is 324 g/mol. The highest BCUT2D eigenvalue weighted by Gasteiger charge is 2.20. The Morgan fingerprint density at radius 2 is 2.07 bits per heavy atom. The Balaban J connectivity index is 3.42. The lowest BCUT2D eigenvalue weighted by atomic mass is 10.1. The normalized spacial score (nSPS) is 11.8. The number of rotatable bonds is 2. The Labute approximate surface area is 99.6 Å². The SMILES string of the molecule is CC(C)(CN)n1cc(Br)cc(Br)c1=O. The van der Waals surface area contributed by atoms with Gasteiger partial charge in [-0.15, -0.1) is 0 Å². The number of nitrogens with zero attached hydrogens (tertiary/aromatic N) is 1. The van der Waals surface area contributed by atoms with Gasteiger partial charge in [0.05, 0.1) is 10.0 Å². The van der Waals surface area contributed by atoms with Crippen molar-refractivity contribution in [2.24, 2.45) is 5.73 Å². The highest BCUT2D eigenvalue weighted by molar-refractivity contribution is 9.11. The summed E-state index contributed by atoms with van der Waals surface area (Å²) >= 11 is 6.55. The molecule has 1 rings (SSSR count). The molecule has 0 saturated carbocycles. The minimum absolute atomic E-state index is 0.0661. The summed E-state index contributed by atoms with van der Waals surface area (Å²) in [6, 6.07) is 1.73. The first-order valence-corrected chi connectivity index (χ1v) is 5.75. The molecule has 1 aromatic rings. The van der Waals surface area contributed by atoms with Crippen molar-refractivity contribution in [2.45, 2.75) is 19.4 Å². The predicted molar refractivity (Wildman–Crippen MR) is 64.5 cm³/mol. The fraction of sp³-hybridized carbons (Fsp3) is 0.444. The zero-order valence-electron chi connectivity index (χ0n) is 8.05. The molecule has 0 saturated heterocycles. The summed E-state index contributed by atoms with van der Waals surface area (Å²) in [6.45, 7) is 4.26. The van der Waals surface area contributed by atoms with Crippen molar-refractivity contribution in [3.8, 4) is 0 Å². The van der Waals surface area contributed by atoms with E-state index in [9.17, 15) is 4.79 Å². The number of pyridine rings is 1. The standard InChI is InChI=1S/C9H12Br2N2O/c1-9(2,5-12)13-4-6(10)3-7(11)8(13)14/h3-4H,5,12H2,1-2H3. The lowest BCUT2D eigenvalue weighted by Crippen LogP contribution is -2.41. The zero-order chi connectivity index (χ0) is 10.9. The third kappa shape index (κ3) is 2.27. The van der Waals surface area contributed by atoms with Crippen LogP contribution < -0.4 is 11.3 Å². The molecule has 0 aliphatic heterocycles. The Hall–Kier alpha value is -0.130. The van der Waals surface area contributed by atoms with Crippen LogP contribution in [0, 0.1) is 0 Å². The Kier molecular flexibility index (Phi) is 3.55. The molecule has 0 bridgehead atoms. The molecule has 78 valence electrons. The van der Waals surface area contributed by atoms with Gasteiger partial charge in [-0.05, 0) is 51.8 Å². The van der Waals surface area contributed by atoms with Crippen LogP contribution in [0.15, 0.2) is 26.0 Å². The molecular formula is C9H12Br2N2O. The lowest BCUT2D eigenvalue weighted by molar-refractivity contribution is 0.354. The molecule has 0 amide bonds. The van der Waals surface area contributed by atoms with Crippen LogP contribution in [0.3, 0.4) is 0 Å². The van der Waals surface area contributed by atoms with Crippen molar-refractivity contribution in [1.29, 1.82) is 0 Å². The van der Waals surface area contributed by atoms with Gasteiger partial charge in [0.25, 0.3) is 5.56 Å². The third-order valence-corrected chi connectivity index (χ3v) is 3.09. The minimum atomic E-state index is -0.372. The van der Waals surface area contributed by atoms with Crippen molar-refractivity contribution >= 4 is 31.9 Å². The van der Waals surface area contributed by atoms with E-state index in [0.29, 0.717) is 11.0 Å². The maximum atomic E-state index is 11.8. The molecule has 1 heterocycles. The molecule has 1 aromatic heterocycles. The van der Waals surface area contributed by atoms with Gasteiger partial charge >= 0.3 is 0 Å². The van der Waals surface area contributed by atoms with Crippen LogP contribution >= 0.6 is 31.9 Å². The molecule has 0 unspecified atom stereocenters. The van der Waals surface area contributed by atoms with Crippen LogP contribution in [0.25, 0.3) is 0 Å². The highest BCUT2D eigenvalue weighted by atomic mass is 79.9. The highest BCUT2D eigenvalue weighted by Crippen LogP contribution is 2.18. The van der Waals surface area contributed by atoms with Crippen molar-refractivity contribution < 1.29 is 0 Å². The number of nitrogens with two attached hydrogens (primary N) is 1. The molecule has 2 N–H and O–H groups in total. The molecule has 0 spiro atoms. The van der Waals surface area contributed by atoms with Gasteiger partial charge in [-0.25, -0.2) is 0 Å². The summed E-state index contributed by atoms with van der Waals surface area (Å²) in [5.74, 6) is 0. The smallest absolute Gasteiger partial charge is 0.265 e. The van der Waals surface area contributed by atoms with E-state index in [1.54, 1.807) is 16.8 Å². The summed E-state index contributed by atoms with van der Waals surface area (Å²) < 4.78 is 3.01. The number of hydrogen-bond acceptors (Lipinski definition) is 2. The maximum absolute atomic E-state index is 11.8. The van der Waals surface area contributed by atoms with Crippen LogP contribution in [-0.4, -0.2) is 11.1 Å².